The van der Waals surface area contributed by atoms with E-state index in [9.17, 15) is 4.79 Å². The van der Waals surface area contributed by atoms with Crippen molar-refractivity contribution in [2.75, 3.05) is 26.3 Å². The van der Waals surface area contributed by atoms with Crippen molar-refractivity contribution < 1.29 is 9.53 Å². The van der Waals surface area contributed by atoms with Gasteiger partial charge in [-0.15, -0.1) is 12.4 Å². The van der Waals surface area contributed by atoms with Crippen molar-refractivity contribution in [3.63, 3.8) is 0 Å². The molecule has 2 atom stereocenters. The molecular formula is C17H27ClN2O2. The van der Waals surface area contributed by atoms with Crippen LogP contribution in [0.2, 0.25) is 0 Å². The Morgan fingerprint density at radius 3 is 2.82 bits per heavy atom. The monoisotopic (exact) mass is 326 g/mol. The van der Waals surface area contributed by atoms with Gasteiger partial charge in [-0.2, -0.15) is 0 Å². The van der Waals surface area contributed by atoms with Gasteiger partial charge in [-0.05, 0) is 37.7 Å². The van der Waals surface area contributed by atoms with E-state index in [1.165, 1.54) is 5.56 Å². The summed E-state index contributed by atoms with van der Waals surface area (Å²) in [6.07, 6.45) is 3.01. The molecule has 0 radical (unpaired) electrons. The lowest BCUT2D eigenvalue weighted by Gasteiger charge is -2.34. The lowest BCUT2D eigenvalue weighted by Crippen LogP contribution is -2.46. The van der Waals surface area contributed by atoms with E-state index < -0.39 is 0 Å². The van der Waals surface area contributed by atoms with E-state index in [2.05, 4.69) is 12.1 Å². The lowest BCUT2D eigenvalue weighted by atomic mass is 9.92. The van der Waals surface area contributed by atoms with E-state index in [1.54, 1.807) is 0 Å². The van der Waals surface area contributed by atoms with Crippen molar-refractivity contribution in [3.8, 4) is 0 Å². The summed E-state index contributed by atoms with van der Waals surface area (Å²) < 4.78 is 5.53. The number of hydrogen-bond donors (Lipinski definition) is 1. The lowest BCUT2D eigenvalue weighted by molar-refractivity contribution is -0.138. The third-order valence-corrected chi connectivity index (χ3v) is 4.16. The summed E-state index contributed by atoms with van der Waals surface area (Å²) in [7, 11) is 0. The van der Waals surface area contributed by atoms with E-state index >= 15 is 0 Å². The molecule has 4 nitrogen and oxygen atoms in total. The van der Waals surface area contributed by atoms with Crippen LogP contribution in [0.3, 0.4) is 0 Å². The Bertz CT molecular complexity index is 440. The minimum atomic E-state index is 0. The number of likely N-dealkylation sites (tertiary alicyclic amines) is 1. The van der Waals surface area contributed by atoms with Crippen LogP contribution in [0.4, 0.5) is 0 Å². The normalized spacial score (nSPS) is 19.4. The highest BCUT2D eigenvalue weighted by molar-refractivity contribution is 5.85. The van der Waals surface area contributed by atoms with E-state index in [0.29, 0.717) is 12.5 Å². The first kappa shape index (κ1) is 18.9. The summed E-state index contributed by atoms with van der Waals surface area (Å²) in [5.41, 5.74) is 7.18. The number of benzene rings is 1. The van der Waals surface area contributed by atoms with Crippen molar-refractivity contribution in [2.45, 2.75) is 32.2 Å². The molecule has 0 bridgehead atoms. The van der Waals surface area contributed by atoms with E-state index in [-0.39, 0.29) is 31.0 Å². The van der Waals surface area contributed by atoms with Gasteiger partial charge in [0.25, 0.3) is 0 Å². The average molecular weight is 327 g/mol. The highest BCUT2D eigenvalue weighted by Crippen LogP contribution is 2.18. The number of halogens is 1. The average Bonchev–Trinajstić information content (AvgIpc) is 2.52. The molecule has 22 heavy (non-hydrogen) atoms. The van der Waals surface area contributed by atoms with Crippen LogP contribution in [-0.2, 0) is 16.0 Å². The minimum absolute atomic E-state index is 0. The fourth-order valence-electron chi connectivity index (χ4n) is 2.75. The summed E-state index contributed by atoms with van der Waals surface area (Å²) in [6.45, 7) is 4.40. The Labute approximate surface area is 139 Å². The smallest absolute Gasteiger partial charge is 0.248 e. The first-order valence-electron chi connectivity index (χ1n) is 7.82. The molecule has 124 valence electrons. The third kappa shape index (κ3) is 5.95. The summed E-state index contributed by atoms with van der Waals surface area (Å²) >= 11 is 0. The molecule has 0 spiro atoms. The number of carbonyl (C=O) groups is 1. The van der Waals surface area contributed by atoms with Crippen LogP contribution < -0.4 is 5.73 Å². The first-order chi connectivity index (χ1) is 10.2. The predicted molar refractivity (Wildman–Crippen MR) is 91.2 cm³/mol. The van der Waals surface area contributed by atoms with E-state index in [4.69, 9.17) is 10.5 Å². The fraction of sp³-hybridized carbons (Fsp3) is 0.588. The number of rotatable bonds is 6. The molecule has 1 amide bonds. The minimum Gasteiger partial charge on any atom is -0.371 e. The topological polar surface area (TPSA) is 55.6 Å². The van der Waals surface area contributed by atoms with Gasteiger partial charge in [0.2, 0.25) is 5.91 Å². The molecule has 1 aliphatic rings. The quantitative estimate of drug-likeness (QED) is 0.816. The van der Waals surface area contributed by atoms with Crippen LogP contribution in [0.15, 0.2) is 30.3 Å². The van der Waals surface area contributed by atoms with Gasteiger partial charge < -0.3 is 15.4 Å². The molecule has 1 aromatic rings. The fourth-order valence-corrected chi connectivity index (χ4v) is 2.75. The van der Waals surface area contributed by atoms with Gasteiger partial charge in [-0.1, -0.05) is 30.3 Å². The van der Waals surface area contributed by atoms with Gasteiger partial charge >= 0.3 is 0 Å². The molecule has 2 N–H and O–H groups in total. The summed E-state index contributed by atoms with van der Waals surface area (Å²) in [4.78, 5) is 14.0. The van der Waals surface area contributed by atoms with Gasteiger partial charge in [-0.25, -0.2) is 0 Å². The predicted octanol–water partition coefficient (Wildman–Crippen LogP) is 2.25. The molecule has 2 rings (SSSR count). The van der Waals surface area contributed by atoms with Crippen LogP contribution in [0.5, 0.6) is 0 Å². The number of amides is 1. The van der Waals surface area contributed by atoms with E-state index in [1.807, 2.05) is 30.0 Å². The number of hydrogen-bond acceptors (Lipinski definition) is 3. The van der Waals surface area contributed by atoms with Crippen molar-refractivity contribution in [2.24, 2.45) is 11.7 Å². The highest BCUT2D eigenvalue weighted by Gasteiger charge is 2.25. The standard InChI is InChI=1S/C17H26N2O2.ClH/c1-14(18)16-8-5-10-19(12-16)17(20)13-21-11-9-15-6-3-2-4-7-15;/h2-4,6-7,14,16H,5,8-13,18H2,1H3;1H. The molecule has 1 aromatic carbocycles. The maximum Gasteiger partial charge on any atom is 0.248 e. The van der Waals surface area contributed by atoms with Crippen LogP contribution in [0.25, 0.3) is 0 Å². The molecular weight excluding hydrogens is 300 g/mol. The number of carbonyl (C=O) groups excluding carboxylic acids is 1. The second kappa shape index (κ2) is 9.82. The Morgan fingerprint density at radius 2 is 2.14 bits per heavy atom. The molecule has 0 aromatic heterocycles. The molecule has 1 saturated heterocycles. The Hall–Kier alpha value is -1.10. The van der Waals surface area contributed by atoms with E-state index in [0.717, 1.165) is 32.4 Å². The Balaban J connectivity index is 0.00000242. The van der Waals surface area contributed by atoms with Crippen LogP contribution in [-0.4, -0.2) is 43.2 Å². The molecule has 1 heterocycles. The summed E-state index contributed by atoms with van der Waals surface area (Å²) in [5, 5.41) is 0. The first-order valence-corrected chi connectivity index (χ1v) is 7.82. The van der Waals surface area contributed by atoms with Crippen molar-refractivity contribution >= 4 is 18.3 Å². The summed E-state index contributed by atoms with van der Waals surface area (Å²) in [6, 6.07) is 10.3. The molecule has 2 unspecified atom stereocenters. The zero-order valence-corrected chi connectivity index (χ0v) is 14.1. The number of piperidine rings is 1. The van der Waals surface area contributed by atoms with Gasteiger partial charge in [-0.3, -0.25) is 4.79 Å². The van der Waals surface area contributed by atoms with Gasteiger partial charge in [0, 0.05) is 19.1 Å². The van der Waals surface area contributed by atoms with Gasteiger partial charge in [0.15, 0.2) is 0 Å². The Morgan fingerprint density at radius 1 is 1.41 bits per heavy atom. The zero-order valence-electron chi connectivity index (χ0n) is 13.2. The van der Waals surface area contributed by atoms with Gasteiger partial charge in [0.05, 0.1) is 6.61 Å². The summed E-state index contributed by atoms with van der Waals surface area (Å²) in [5.74, 6) is 0.514. The molecule has 1 aliphatic heterocycles. The van der Waals surface area contributed by atoms with Crippen LogP contribution in [0, 0.1) is 5.92 Å². The second-order valence-corrected chi connectivity index (χ2v) is 5.89. The van der Waals surface area contributed by atoms with Gasteiger partial charge in [0.1, 0.15) is 6.61 Å². The Kier molecular flexibility index (Phi) is 8.46. The van der Waals surface area contributed by atoms with Crippen molar-refractivity contribution in [3.05, 3.63) is 35.9 Å². The second-order valence-electron chi connectivity index (χ2n) is 5.89. The molecule has 5 heteroatoms. The maximum atomic E-state index is 12.1. The van der Waals surface area contributed by atoms with Crippen molar-refractivity contribution in [1.29, 1.82) is 0 Å². The SMILES string of the molecule is CC(N)C1CCCN(C(=O)COCCc2ccccc2)C1.Cl. The largest absolute Gasteiger partial charge is 0.371 e. The highest BCUT2D eigenvalue weighted by atomic mass is 35.5. The number of nitrogens with two attached hydrogens (primary N) is 1. The maximum absolute atomic E-state index is 12.1. The molecule has 0 aliphatic carbocycles. The van der Waals surface area contributed by atoms with Crippen molar-refractivity contribution in [1.82, 2.24) is 4.90 Å². The number of nitrogens with zero attached hydrogens (tertiary/aromatic N) is 1. The molecule has 0 saturated carbocycles. The van der Waals surface area contributed by atoms with Crippen LogP contribution in [0.1, 0.15) is 25.3 Å². The zero-order chi connectivity index (χ0) is 15.1. The number of ether oxygens (including phenoxy) is 1. The third-order valence-electron chi connectivity index (χ3n) is 4.16. The molecule has 1 fully saturated rings. The van der Waals surface area contributed by atoms with Crippen LogP contribution >= 0.6 is 12.4 Å².